The summed E-state index contributed by atoms with van der Waals surface area (Å²) >= 11 is 1.70. The fourth-order valence-electron chi connectivity index (χ4n) is 2.79. The Bertz CT molecular complexity index is 421. The summed E-state index contributed by atoms with van der Waals surface area (Å²) in [5.74, 6) is 0.268. The lowest BCUT2D eigenvalue weighted by molar-refractivity contribution is -0.139. The Kier molecular flexibility index (Phi) is 5.84. The van der Waals surface area contributed by atoms with E-state index in [-0.39, 0.29) is 24.4 Å². The van der Waals surface area contributed by atoms with Crippen molar-refractivity contribution < 1.29 is 9.53 Å². The van der Waals surface area contributed by atoms with Gasteiger partial charge in [0.1, 0.15) is 6.10 Å². The molecule has 3 rings (SSSR count). The molecule has 2 unspecified atom stereocenters. The first-order chi connectivity index (χ1) is 9.33. The molecule has 2 atom stereocenters. The van der Waals surface area contributed by atoms with Crippen molar-refractivity contribution in [1.82, 2.24) is 10.2 Å². The smallest absolute Gasteiger partial charge is 0.224 e. The highest BCUT2D eigenvalue weighted by Gasteiger charge is 2.28. The fraction of sp³-hybridized carbons (Fsp3) is 0.643. The Hall–Kier alpha value is -0.620. The molecule has 0 radical (unpaired) electrons. The second kappa shape index (κ2) is 7.41. The summed E-state index contributed by atoms with van der Waals surface area (Å²) in [6, 6.07) is 4.50. The largest absolute Gasteiger partial charge is 0.369 e. The van der Waals surface area contributed by atoms with E-state index >= 15 is 0 Å². The number of halogens is 1. The molecule has 2 fully saturated rings. The van der Waals surface area contributed by atoms with Crippen molar-refractivity contribution in [2.24, 2.45) is 0 Å². The highest BCUT2D eigenvalue weighted by molar-refractivity contribution is 7.10. The van der Waals surface area contributed by atoms with Gasteiger partial charge in [0.15, 0.2) is 0 Å². The zero-order valence-electron chi connectivity index (χ0n) is 11.4. The molecular formula is C14H21ClN2O2S. The van der Waals surface area contributed by atoms with Gasteiger partial charge in [-0.1, -0.05) is 6.07 Å². The molecule has 1 aromatic rings. The highest BCUT2D eigenvalue weighted by Crippen LogP contribution is 2.26. The summed E-state index contributed by atoms with van der Waals surface area (Å²) < 4.78 is 5.77. The second-order valence-electron chi connectivity index (χ2n) is 5.21. The Morgan fingerprint density at radius 3 is 3.15 bits per heavy atom. The number of nitrogens with one attached hydrogen (secondary N) is 1. The van der Waals surface area contributed by atoms with E-state index < -0.39 is 0 Å². The van der Waals surface area contributed by atoms with Crippen LogP contribution in [0.15, 0.2) is 17.5 Å². The van der Waals surface area contributed by atoms with Gasteiger partial charge in [0.25, 0.3) is 0 Å². The van der Waals surface area contributed by atoms with Crippen LogP contribution in [0.5, 0.6) is 0 Å². The number of ether oxygens (including phenoxy) is 1. The molecule has 0 aromatic carbocycles. The summed E-state index contributed by atoms with van der Waals surface area (Å²) in [6.07, 6.45) is 3.02. The zero-order valence-corrected chi connectivity index (χ0v) is 13.0. The lowest BCUT2D eigenvalue weighted by Gasteiger charge is -2.33. The molecule has 1 N–H and O–H groups in total. The Morgan fingerprint density at radius 1 is 1.55 bits per heavy atom. The van der Waals surface area contributed by atoms with Crippen LogP contribution < -0.4 is 5.32 Å². The van der Waals surface area contributed by atoms with Crippen molar-refractivity contribution in [1.29, 1.82) is 0 Å². The van der Waals surface area contributed by atoms with Crippen LogP contribution in [0.4, 0.5) is 0 Å². The molecule has 6 heteroatoms. The van der Waals surface area contributed by atoms with Crippen LogP contribution in [0.25, 0.3) is 0 Å². The standard InChI is InChI=1S/C14H20N2O2S.ClH/c17-14(9-11-3-1-5-15-11)16-6-7-18-12(10-16)13-4-2-8-19-13;/h2,4,8,11-12,15H,1,3,5-7,9-10H2;1H. The van der Waals surface area contributed by atoms with Crippen LogP contribution in [0, 0.1) is 0 Å². The number of carbonyl (C=O) groups excluding carboxylic acids is 1. The SMILES string of the molecule is Cl.O=C(CC1CCCN1)N1CCOC(c2cccs2)C1. The van der Waals surface area contributed by atoms with E-state index in [1.54, 1.807) is 11.3 Å². The summed E-state index contributed by atoms with van der Waals surface area (Å²) in [5.41, 5.74) is 0. The number of nitrogens with zero attached hydrogens (tertiary/aromatic N) is 1. The molecule has 1 aromatic heterocycles. The normalized spacial score (nSPS) is 26.3. The van der Waals surface area contributed by atoms with E-state index in [0.717, 1.165) is 19.5 Å². The van der Waals surface area contributed by atoms with Crippen LogP contribution >= 0.6 is 23.7 Å². The third-order valence-corrected chi connectivity index (χ3v) is 4.83. The lowest BCUT2D eigenvalue weighted by Crippen LogP contribution is -2.44. The maximum Gasteiger partial charge on any atom is 0.224 e. The van der Waals surface area contributed by atoms with Crippen molar-refractivity contribution >= 4 is 29.7 Å². The average Bonchev–Trinajstić information content (AvgIpc) is 3.12. The monoisotopic (exact) mass is 316 g/mol. The van der Waals surface area contributed by atoms with Crippen molar-refractivity contribution in [2.75, 3.05) is 26.2 Å². The molecule has 0 bridgehead atoms. The molecule has 2 saturated heterocycles. The summed E-state index contributed by atoms with van der Waals surface area (Å²) in [7, 11) is 0. The predicted molar refractivity (Wildman–Crippen MR) is 82.5 cm³/mol. The quantitative estimate of drug-likeness (QED) is 0.929. The second-order valence-corrected chi connectivity index (χ2v) is 6.19. The first-order valence-corrected chi connectivity index (χ1v) is 7.87. The van der Waals surface area contributed by atoms with E-state index in [1.807, 2.05) is 11.0 Å². The molecule has 4 nitrogen and oxygen atoms in total. The number of hydrogen-bond donors (Lipinski definition) is 1. The number of carbonyl (C=O) groups is 1. The van der Waals surface area contributed by atoms with Gasteiger partial charge >= 0.3 is 0 Å². The maximum atomic E-state index is 12.3. The number of morpholine rings is 1. The van der Waals surface area contributed by atoms with Gasteiger partial charge in [0, 0.05) is 23.9 Å². The van der Waals surface area contributed by atoms with Gasteiger partial charge in [-0.25, -0.2) is 0 Å². The fourth-order valence-corrected chi connectivity index (χ4v) is 3.56. The van der Waals surface area contributed by atoms with Crippen LogP contribution in [-0.4, -0.2) is 43.1 Å². The van der Waals surface area contributed by atoms with E-state index in [0.29, 0.717) is 25.6 Å². The maximum absolute atomic E-state index is 12.3. The van der Waals surface area contributed by atoms with Gasteiger partial charge < -0.3 is 15.0 Å². The molecule has 20 heavy (non-hydrogen) atoms. The minimum Gasteiger partial charge on any atom is -0.369 e. The van der Waals surface area contributed by atoms with E-state index in [9.17, 15) is 4.79 Å². The van der Waals surface area contributed by atoms with Gasteiger partial charge in [-0.05, 0) is 30.8 Å². The van der Waals surface area contributed by atoms with Gasteiger partial charge in [-0.2, -0.15) is 0 Å². The minimum atomic E-state index is 0. The average molecular weight is 317 g/mol. The molecular weight excluding hydrogens is 296 g/mol. The highest BCUT2D eigenvalue weighted by atomic mass is 35.5. The zero-order chi connectivity index (χ0) is 13.1. The molecule has 112 valence electrons. The molecule has 2 aliphatic heterocycles. The molecule has 0 aliphatic carbocycles. The van der Waals surface area contributed by atoms with Gasteiger partial charge in [0.2, 0.25) is 5.91 Å². The minimum absolute atomic E-state index is 0. The molecule has 0 spiro atoms. The molecule has 1 amide bonds. The topological polar surface area (TPSA) is 41.6 Å². The van der Waals surface area contributed by atoms with Crippen LogP contribution in [0.2, 0.25) is 0 Å². The van der Waals surface area contributed by atoms with Gasteiger partial charge in [-0.3, -0.25) is 4.79 Å². The number of rotatable bonds is 3. The number of hydrogen-bond acceptors (Lipinski definition) is 4. The van der Waals surface area contributed by atoms with Gasteiger partial charge in [-0.15, -0.1) is 23.7 Å². The predicted octanol–water partition coefficient (Wildman–Crippen LogP) is 2.21. The van der Waals surface area contributed by atoms with Crippen molar-refractivity contribution in [3.63, 3.8) is 0 Å². The van der Waals surface area contributed by atoms with Crippen molar-refractivity contribution in [3.8, 4) is 0 Å². The van der Waals surface area contributed by atoms with Gasteiger partial charge in [0.05, 0.1) is 13.2 Å². The van der Waals surface area contributed by atoms with Crippen molar-refractivity contribution in [2.45, 2.75) is 31.4 Å². The Balaban J connectivity index is 0.00000147. The first-order valence-electron chi connectivity index (χ1n) is 6.99. The van der Waals surface area contributed by atoms with Crippen LogP contribution in [-0.2, 0) is 9.53 Å². The van der Waals surface area contributed by atoms with E-state index in [4.69, 9.17) is 4.74 Å². The van der Waals surface area contributed by atoms with Crippen molar-refractivity contribution in [3.05, 3.63) is 22.4 Å². The number of thiophene rings is 1. The Labute approximate surface area is 129 Å². The summed E-state index contributed by atoms with van der Waals surface area (Å²) in [5, 5.41) is 5.45. The number of amides is 1. The van der Waals surface area contributed by atoms with Crippen LogP contribution in [0.1, 0.15) is 30.2 Å². The Morgan fingerprint density at radius 2 is 2.45 bits per heavy atom. The lowest BCUT2D eigenvalue weighted by atomic mass is 10.1. The summed E-state index contributed by atoms with van der Waals surface area (Å²) in [6.45, 7) is 3.13. The van der Waals surface area contributed by atoms with Crippen LogP contribution in [0.3, 0.4) is 0 Å². The molecule has 0 saturated carbocycles. The third-order valence-electron chi connectivity index (χ3n) is 3.86. The summed E-state index contributed by atoms with van der Waals surface area (Å²) in [4.78, 5) is 15.5. The van der Waals surface area contributed by atoms with E-state index in [1.165, 1.54) is 11.3 Å². The third kappa shape index (κ3) is 3.73. The van der Waals surface area contributed by atoms with E-state index in [2.05, 4.69) is 16.8 Å². The molecule has 3 heterocycles. The first kappa shape index (κ1) is 15.8. The molecule has 2 aliphatic rings.